The molecule has 8 nitrogen and oxygen atoms in total. The highest BCUT2D eigenvalue weighted by molar-refractivity contribution is 6.21. The summed E-state index contributed by atoms with van der Waals surface area (Å²) in [5.74, 6) is -2.00. The molecule has 12 heteroatoms. The van der Waals surface area contributed by atoms with Crippen LogP contribution in [0.3, 0.4) is 0 Å². The highest BCUT2D eigenvalue weighted by Gasteiger charge is 2.37. The van der Waals surface area contributed by atoms with Gasteiger partial charge in [-0.25, -0.2) is 14.0 Å². The predicted octanol–water partition coefficient (Wildman–Crippen LogP) is 2.93. The molecule has 0 unspecified atom stereocenters. The predicted molar refractivity (Wildman–Crippen MR) is 91.6 cm³/mol. The Hall–Kier alpha value is -2.82. The zero-order valence-electron chi connectivity index (χ0n) is 14.6. The number of benzene rings is 1. The van der Waals surface area contributed by atoms with Gasteiger partial charge in [0.05, 0.1) is 24.4 Å². The van der Waals surface area contributed by atoms with Gasteiger partial charge in [-0.15, -0.1) is 10.2 Å². The Bertz CT molecular complexity index is 915. The van der Waals surface area contributed by atoms with Crippen molar-refractivity contribution in [3.05, 3.63) is 41.2 Å². The lowest BCUT2D eigenvalue weighted by molar-refractivity contribution is 0.0527. The second-order valence-corrected chi connectivity index (χ2v) is 6.33. The summed E-state index contributed by atoms with van der Waals surface area (Å²) in [5.41, 5.74) is -0.0793. The van der Waals surface area contributed by atoms with Gasteiger partial charge in [0.15, 0.2) is 5.82 Å². The fourth-order valence-corrected chi connectivity index (χ4v) is 2.88. The van der Waals surface area contributed by atoms with E-state index in [9.17, 15) is 22.8 Å². The van der Waals surface area contributed by atoms with Crippen LogP contribution in [0.1, 0.15) is 28.9 Å². The van der Waals surface area contributed by atoms with Crippen LogP contribution >= 0.6 is 11.6 Å². The highest BCUT2D eigenvalue weighted by Crippen LogP contribution is 2.32. The lowest BCUT2D eigenvalue weighted by atomic mass is 10.1. The van der Waals surface area contributed by atoms with Crippen LogP contribution in [-0.2, 0) is 23.2 Å². The first kappa shape index (κ1) is 19.9. The number of aromatic nitrogens is 3. The second-order valence-electron chi connectivity index (χ2n) is 5.85. The van der Waals surface area contributed by atoms with Crippen molar-refractivity contribution in [3.63, 3.8) is 0 Å². The summed E-state index contributed by atoms with van der Waals surface area (Å²) < 4.78 is 46.1. The monoisotopic (exact) mass is 417 g/mol. The Kier molecular flexibility index (Phi) is 5.45. The number of fused-ring (bicyclic) bond motifs is 1. The molecule has 0 fully saturated rings. The van der Waals surface area contributed by atoms with Crippen LogP contribution in [0.4, 0.5) is 23.7 Å². The molecular formula is C16H15ClF3N5O3. The van der Waals surface area contributed by atoms with Crippen LogP contribution in [0.15, 0.2) is 18.2 Å². The number of nitrogens with one attached hydrogen (secondary N) is 1. The van der Waals surface area contributed by atoms with Crippen LogP contribution in [0, 0.1) is 5.82 Å². The maximum absolute atomic E-state index is 13.5. The van der Waals surface area contributed by atoms with Crippen LogP contribution < -0.4 is 5.32 Å². The molecule has 150 valence electrons. The van der Waals surface area contributed by atoms with Crippen molar-refractivity contribution in [2.45, 2.75) is 25.4 Å². The van der Waals surface area contributed by atoms with E-state index in [4.69, 9.17) is 16.3 Å². The fraction of sp³-hybridized carbons (Fsp3) is 0.375. The van der Waals surface area contributed by atoms with Crippen LogP contribution in [-0.4, -0.2) is 44.8 Å². The molecule has 0 saturated heterocycles. The molecular weight excluding hydrogens is 403 g/mol. The third-order valence-corrected chi connectivity index (χ3v) is 4.18. The molecule has 1 aliphatic rings. The molecule has 0 saturated carbocycles. The first-order valence-corrected chi connectivity index (χ1v) is 8.60. The highest BCUT2D eigenvalue weighted by atomic mass is 35.5. The van der Waals surface area contributed by atoms with Crippen LogP contribution in [0.25, 0.3) is 0 Å². The van der Waals surface area contributed by atoms with Gasteiger partial charge in [0.25, 0.3) is 0 Å². The molecule has 1 aliphatic heterocycles. The lowest BCUT2D eigenvalue weighted by Crippen LogP contribution is -2.41. The molecule has 1 N–H and O–H groups in total. The molecule has 0 bridgehead atoms. The molecule has 0 spiro atoms. The Morgan fingerprint density at radius 3 is 2.75 bits per heavy atom. The number of nitrogens with zero attached hydrogens (tertiary/aromatic N) is 4. The smallest absolute Gasteiger partial charge is 0.381 e. The van der Waals surface area contributed by atoms with Crippen molar-refractivity contribution >= 4 is 29.3 Å². The van der Waals surface area contributed by atoms with Gasteiger partial charge in [-0.1, -0.05) is 0 Å². The summed E-state index contributed by atoms with van der Waals surface area (Å²) in [6.07, 6.45) is 0. The number of hydrogen-bond acceptors (Lipinski definition) is 5. The number of urea groups is 1. The van der Waals surface area contributed by atoms with Gasteiger partial charge in [0, 0.05) is 13.1 Å². The molecule has 2 amide bonds. The summed E-state index contributed by atoms with van der Waals surface area (Å²) in [6, 6.07) is 2.65. The topological polar surface area (TPSA) is 89.4 Å². The largest absolute Gasteiger partial charge is 0.462 e. The maximum atomic E-state index is 13.5. The molecule has 1 aromatic heterocycles. The minimum Gasteiger partial charge on any atom is -0.462 e. The van der Waals surface area contributed by atoms with Crippen LogP contribution in [0.2, 0.25) is 0 Å². The normalized spacial score (nSPS) is 13.8. The zero-order chi connectivity index (χ0) is 20.5. The van der Waals surface area contributed by atoms with Crippen molar-refractivity contribution in [1.82, 2.24) is 19.7 Å². The number of alkyl halides is 3. The average Bonchev–Trinajstić information content (AvgIpc) is 3.06. The van der Waals surface area contributed by atoms with Gasteiger partial charge in [-0.05, 0) is 36.7 Å². The third kappa shape index (κ3) is 4.03. The molecule has 0 aliphatic carbocycles. The summed E-state index contributed by atoms with van der Waals surface area (Å²) in [5, 5.41) is 5.87. The Balaban J connectivity index is 1.76. The van der Waals surface area contributed by atoms with E-state index in [1.807, 2.05) is 0 Å². The number of amides is 2. The SMILES string of the molecule is CCOC(=O)c1cc(F)ccc1NC(=O)N1CCn2c(nnc2C(F)(F)Cl)C1. The molecule has 0 atom stereocenters. The van der Waals surface area contributed by atoms with Crippen LogP contribution in [0.5, 0.6) is 0 Å². The number of halogens is 4. The average molecular weight is 418 g/mol. The third-order valence-electron chi connectivity index (χ3n) is 4.01. The first-order valence-electron chi connectivity index (χ1n) is 8.22. The molecule has 1 aromatic carbocycles. The summed E-state index contributed by atoms with van der Waals surface area (Å²) in [6.45, 7) is 1.67. The van der Waals surface area contributed by atoms with Crippen molar-refractivity contribution in [1.29, 1.82) is 0 Å². The molecule has 28 heavy (non-hydrogen) atoms. The fourth-order valence-electron chi connectivity index (χ4n) is 2.74. The van der Waals surface area contributed by atoms with Gasteiger partial charge < -0.3 is 19.5 Å². The quantitative estimate of drug-likeness (QED) is 0.610. The van der Waals surface area contributed by atoms with E-state index in [1.165, 1.54) is 11.0 Å². The number of hydrogen-bond donors (Lipinski definition) is 1. The number of carbonyl (C=O) groups is 2. The molecule has 3 rings (SSSR count). The summed E-state index contributed by atoms with van der Waals surface area (Å²) >= 11 is 5.00. The molecule has 2 aromatic rings. The van der Waals surface area contributed by atoms with Gasteiger partial charge in [0.2, 0.25) is 5.82 Å². The minimum atomic E-state index is -3.67. The molecule has 2 heterocycles. The second kappa shape index (κ2) is 7.66. The Morgan fingerprint density at radius 1 is 1.32 bits per heavy atom. The number of rotatable bonds is 4. The van der Waals surface area contributed by atoms with Crippen molar-refractivity contribution < 1.29 is 27.5 Å². The Morgan fingerprint density at radius 2 is 2.07 bits per heavy atom. The van der Waals surface area contributed by atoms with E-state index in [0.717, 1.165) is 16.7 Å². The lowest BCUT2D eigenvalue weighted by Gasteiger charge is -2.28. The van der Waals surface area contributed by atoms with E-state index in [-0.39, 0.29) is 43.3 Å². The van der Waals surface area contributed by atoms with E-state index in [2.05, 4.69) is 15.5 Å². The maximum Gasteiger partial charge on any atom is 0.381 e. The number of carbonyl (C=O) groups excluding carboxylic acids is 2. The van der Waals surface area contributed by atoms with E-state index >= 15 is 0 Å². The minimum absolute atomic E-state index is 0.0154. The number of esters is 1. The van der Waals surface area contributed by atoms with Gasteiger partial charge >= 0.3 is 17.4 Å². The van der Waals surface area contributed by atoms with E-state index < -0.39 is 29.0 Å². The van der Waals surface area contributed by atoms with Crippen molar-refractivity contribution in [2.75, 3.05) is 18.5 Å². The standard InChI is InChI=1S/C16H15ClF3N5O3/c1-2-28-13(26)10-7-9(18)3-4-11(10)21-15(27)24-5-6-25-12(8-24)22-23-14(25)16(17,19)20/h3-4,7H,2,5-6,8H2,1H3,(H,21,27). The van der Waals surface area contributed by atoms with E-state index in [1.54, 1.807) is 6.92 Å². The number of anilines is 1. The number of ether oxygens (including phenoxy) is 1. The van der Waals surface area contributed by atoms with Crippen molar-refractivity contribution in [2.24, 2.45) is 0 Å². The first-order chi connectivity index (χ1) is 13.2. The zero-order valence-corrected chi connectivity index (χ0v) is 15.3. The van der Waals surface area contributed by atoms with Crippen molar-refractivity contribution in [3.8, 4) is 0 Å². The van der Waals surface area contributed by atoms with E-state index in [0.29, 0.717) is 0 Å². The molecule has 0 radical (unpaired) electrons. The summed E-state index contributed by atoms with van der Waals surface area (Å²) in [7, 11) is 0. The Labute approximate surface area is 162 Å². The van der Waals surface area contributed by atoms with Gasteiger partial charge in [0.1, 0.15) is 5.82 Å². The van der Waals surface area contributed by atoms with Gasteiger partial charge in [-0.2, -0.15) is 8.78 Å². The van der Waals surface area contributed by atoms with Gasteiger partial charge in [-0.3, -0.25) is 0 Å². The summed E-state index contributed by atoms with van der Waals surface area (Å²) in [4.78, 5) is 25.8.